The van der Waals surface area contributed by atoms with Crippen molar-refractivity contribution in [3.05, 3.63) is 21.9 Å². The zero-order chi connectivity index (χ0) is 13.0. The molecule has 0 fully saturated rings. The van der Waals surface area contributed by atoms with Crippen molar-refractivity contribution < 1.29 is 14.4 Å². The van der Waals surface area contributed by atoms with Gasteiger partial charge in [-0.1, -0.05) is 16.8 Å². The van der Waals surface area contributed by atoms with Crippen LogP contribution in [0.5, 0.6) is 0 Å². The third-order valence-electron chi connectivity index (χ3n) is 1.73. The van der Waals surface area contributed by atoms with Crippen LogP contribution >= 0.6 is 22.9 Å². The Morgan fingerprint density at radius 1 is 1.41 bits per heavy atom. The van der Waals surface area contributed by atoms with Crippen LogP contribution in [0.15, 0.2) is 17.3 Å². The van der Waals surface area contributed by atoms with Gasteiger partial charge < -0.3 is 9.74 Å². The van der Waals surface area contributed by atoms with Gasteiger partial charge in [0.1, 0.15) is 4.88 Å². The van der Waals surface area contributed by atoms with E-state index in [-0.39, 0.29) is 0 Å². The van der Waals surface area contributed by atoms with Crippen molar-refractivity contribution in [2.45, 2.75) is 6.92 Å². The van der Waals surface area contributed by atoms with E-state index < -0.39 is 17.0 Å². The Bertz CT molecular complexity index is 468. The van der Waals surface area contributed by atoms with E-state index in [9.17, 15) is 9.59 Å². The van der Waals surface area contributed by atoms with Crippen LogP contribution in [-0.2, 0) is 9.63 Å². The number of oxime groups is 1. The first-order valence-corrected chi connectivity index (χ1v) is 5.84. The predicted molar refractivity (Wildman–Crippen MR) is 66.5 cm³/mol. The monoisotopic (exact) mass is 274 g/mol. The number of thiophene rings is 1. The molecule has 0 radical (unpaired) electrons. The average Bonchev–Trinajstić information content (AvgIpc) is 2.71. The number of rotatable bonds is 3. The molecule has 0 spiro atoms. The van der Waals surface area contributed by atoms with E-state index in [0.29, 0.717) is 4.88 Å². The summed E-state index contributed by atoms with van der Waals surface area (Å²) in [5.41, 5.74) is 0. The molecular weight excluding hydrogens is 264 g/mol. The Labute approximate surface area is 108 Å². The molecule has 0 saturated heterocycles. The molecule has 5 nitrogen and oxygen atoms in total. The topological polar surface area (TPSA) is 59.0 Å². The van der Waals surface area contributed by atoms with Crippen LogP contribution in [0.25, 0.3) is 0 Å². The zero-order valence-electron chi connectivity index (χ0n) is 9.56. The second-order valence-electron chi connectivity index (χ2n) is 3.37. The molecule has 0 unspecified atom stereocenters. The molecule has 0 aliphatic carbocycles. The predicted octanol–water partition coefficient (Wildman–Crippen LogP) is 1.85. The van der Waals surface area contributed by atoms with Crippen molar-refractivity contribution in [3.8, 4) is 0 Å². The van der Waals surface area contributed by atoms with Gasteiger partial charge in [0.2, 0.25) is 5.17 Å². The smallest absolute Gasteiger partial charge is 0.343 e. The normalized spacial score (nSPS) is 11.2. The fourth-order valence-corrected chi connectivity index (χ4v) is 1.84. The zero-order valence-corrected chi connectivity index (χ0v) is 11.1. The molecule has 0 aliphatic rings. The van der Waals surface area contributed by atoms with Gasteiger partial charge in [0.05, 0.1) is 0 Å². The highest BCUT2D eigenvalue weighted by atomic mass is 35.5. The quantitative estimate of drug-likeness (QED) is 0.480. The second-order valence-corrected chi connectivity index (χ2v) is 5.02. The molecule has 1 heterocycles. The van der Waals surface area contributed by atoms with E-state index in [4.69, 9.17) is 11.6 Å². The summed E-state index contributed by atoms with van der Waals surface area (Å²) in [5, 5.41) is 2.89. The van der Waals surface area contributed by atoms with Gasteiger partial charge in [0.25, 0.3) is 5.91 Å². The minimum Gasteiger partial charge on any atom is -0.343 e. The van der Waals surface area contributed by atoms with Crippen molar-refractivity contribution >= 4 is 40.0 Å². The van der Waals surface area contributed by atoms with Gasteiger partial charge in [-0.2, -0.15) is 0 Å². The first-order chi connectivity index (χ1) is 7.91. The lowest BCUT2D eigenvalue weighted by atomic mass is 10.4. The number of halogens is 1. The fourth-order valence-electron chi connectivity index (χ4n) is 0.894. The van der Waals surface area contributed by atoms with Gasteiger partial charge in [-0.05, 0) is 19.1 Å². The molecule has 0 aromatic carbocycles. The van der Waals surface area contributed by atoms with Crippen molar-refractivity contribution in [1.29, 1.82) is 0 Å². The van der Waals surface area contributed by atoms with Crippen molar-refractivity contribution in [3.63, 3.8) is 0 Å². The molecule has 0 atom stereocenters. The standard InChI is InChI=1S/C10H11ClN2O3S/c1-6-4-5-7(17-6)10(15)16-12-8(11)9(14)13(2)3/h4-5H,1-3H3/b12-8-. The van der Waals surface area contributed by atoms with Gasteiger partial charge in [-0.25, -0.2) is 4.79 Å². The van der Waals surface area contributed by atoms with Crippen LogP contribution in [0.1, 0.15) is 14.5 Å². The third-order valence-corrected chi connectivity index (χ3v) is 2.94. The summed E-state index contributed by atoms with van der Waals surface area (Å²) in [7, 11) is 3.04. The number of carbonyl (C=O) groups is 2. The molecule has 1 aromatic rings. The maximum absolute atomic E-state index is 11.5. The molecule has 0 bridgehead atoms. The lowest BCUT2D eigenvalue weighted by Crippen LogP contribution is -2.27. The highest BCUT2D eigenvalue weighted by molar-refractivity contribution is 7.13. The molecule has 1 aromatic heterocycles. The highest BCUT2D eigenvalue weighted by Gasteiger charge is 2.14. The molecule has 0 aliphatic heterocycles. The van der Waals surface area contributed by atoms with Crippen LogP contribution in [0.3, 0.4) is 0 Å². The summed E-state index contributed by atoms with van der Waals surface area (Å²) in [6.45, 7) is 1.87. The number of carbonyl (C=O) groups excluding carboxylic acids is 2. The first-order valence-electron chi connectivity index (χ1n) is 4.64. The van der Waals surface area contributed by atoms with Crippen LogP contribution in [0.4, 0.5) is 0 Å². The summed E-state index contributed by atoms with van der Waals surface area (Å²) in [4.78, 5) is 29.9. The number of aryl methyl sites for hydroxylation is 1. The average molecular weight is 275 g/mol. The Morgan fingerprint density at radius 3 is 2.53 bits per heavy atom. The van der Waals surface area contributed by atoms with Crippen LogP contribution in [0, 0.1) is 6.92 Å². The summed E-state index contributed by atoms with van der Waals surface area (Å²) in [6, 6.07) is 3.41. The van der Waals surface area contributed by atoms with Gasteiger partial charge in [-0.3, -0.25) is 4.79 Å². The minimum absolute atomic E-state index is 0.392. The van der Waals surface area contributed by atoms with E-state index >= 15 is 0 Å². The summed E-state index contributed by atoms with van der Waals surface area (Å²) in [6.07, 6.45) is 0. The number of amides is 1. The molecular formula is C10H11ClN2O3S. The van der Waals surface area contributed by atoms with E-state index in [1.54, 1.807) is 12.1 Å². The van der Waals surface area contributed by atoms with E-state index in [0.717, 1.165) is 4.88 Å². The molecule has 1 amide bonds. The first kappa shape index (κ1) is 13.7. The summed E-state index contributed by atoms with van der Waals surface area (Å²) < 4.78 is 0. The third kappa shape index (κ3) is 3.83. The number of hydrogen-bond acceptors (Lipinski definition) is 5. The van der Waals surface area contributed by atoms with Crippen molar-refractivity contribution in [2.24, 2.45) is 5.16 Å². The highest BCUT2D eigenvalue weighted by Crippen LogP contribution is 2.16. The Hall–Kier alpha value is -1.40. The van der Waals surface area contributed by atoms with E-state index in [2.05, 4.69) is 9.99 Å². The van der Waals surface area contributed by atoms with Crippen molar-refractivity contribution in [2.75, 3.05) is 14.1 Å². The van der Waals surface area contributed by atoms with Crippen molar-refractivity contribution in [1.82, 2.24) is 4.90 Å². The van der Waals surface area contributed by atoms with E-state index in [1.807, 2.05) is 6.92 Å². The van der Waals surface area contributed by atoms with Gasteiger partial charge in [0, 0.05) is 19.0 Å². The Kier molecular flexibility index (Phi) is 4.65. The minimum atomic E-state index is -0.632. The Morgan fingerprint density at radius 2 is 2.06 bits per heavy atom. The van der Waals surface area contributed by atoms with Gasteiger partial charge >= 0.3 is 5.97 Å². The number of hydrogen-bond donors (Lipinski definition) is 0. The van der Waals surface area contributed by atoms with Gasteiger partial charge in [0.15, 0.2) is 0 Å². The van der Waals surface area contributed by atoms with Crippen LogP contribution < -0.4 is 0 Å². The molecule has 0 saturated carbocycles. The lowest BCUT2D eigenvalue weighted by molar-refractivity contribution is -0.121. The largest absolute Gasteiger partial charge is 0.375 e. The molecule has 1 rings (SSSR count). The lowest BCUT2D eigenvalue weighted by Gasteiger charge is -2.06. The number of nitrogens with zero attached hydrogens (tertiary/aromatic N) is 2. The Balaban J connectivity index is 2.65. The SMILES string of the molecule is Cc1ccc(C(=O)O/N=C(\Cl)C(=O)N(C)C)s1. The molecule has 7 heteroatoms. The second kappa shape index (κ2) is 5.79. The van der Waals surface area contributed by atoms with Crippen LogP contribution in [0.2, 0.25) is 0 Å². The molecule has 92 valence electrons. The molecule has 0 N–H and O–H groups in total. The summed E-state index contributed by atoms with van der Waals surface area (Å²) in [5.74, 6) is -1.16. The van der Waals surface area contributed by atoms with E-state index in [1.165, 1.54) is 30.3 Å². The maximum atomic E-state index is 11.5. The molecule has 17 heavy (non-hydrogen) atoms. The fraction of sp³-hybridized carbons (Fsp3) is 0.300. The van der Waals surface area contributed by atoms with Gasteiger partial charge in [-0.15, -0.1) is 11.3 Å². The maximum Gasteiger partial charge on any atom is 0.375 e. The van der Waals surface area contributed by atoms with Crippen LogP contribution in [-0.4, -0.2) is 36.0 Å². The summed E-state index contributed by atoms with van der Waals surface area (Å²) >= 11 is 6.83.